The predicted octanol–water partition coefficient (Wildman–Crippen LogP) is 2.57. The molecule has 3 atom stereocenters. The van der Waals surface area contributed by atoms with E-state index in [9.17, 15) is 4.79 Å². The van der Waals surface area contributed by atoms with Crippen LogP contribution in [-0.4, -0.2) is 36.1 Å². The molecule has 2 saturated heterocycles. The van der Waals surface area contributed by atoms with Crippen LogP contribution in [0, 0.1) is 0 Å². The minimum absolute atomic E-state index is 0.0307. The number of carbonyl (C=O) groups excluding carboxylic acids is 1. The third-order valence-electron chi connectivity index (χ3n) is 4.60. The van der Waals surface area contributed by atoms with Crippen LogP contribution >= 0.6 is 11.3 Å². The molecule has 2 aliphatic rings. The second kappa shape index (κ2) is 6.41. The number of benzene rings is 1. The number of rotatable bonds is 5. The first-order chi connectivity index (χ1) is 11.7. The number of hydrogen-bond acceptors (Lipinski definition) is 6. The van der Waals surface area contributed by atoms with Crippen molar-refractivity contribution < 1.29 is 14.3 Å². The van der Waals surface area contributed by atoms with Crippen LogP contribution in [0.15, 0.2) is 30.5 Å². The molecule has 24 heavy (non-hydrogen) atoms. The first kappa shape index (κ1) is 15.4. The zero-order valence-electron chi connectivity index (χ0n) is 13.3. The molecule has 0 aliphatic carbocycles. The van der Waals surface area contributed by atoms with Crippen LogP contribution in [0.2, 0.25) is 0 Å². The van der Waals surface area contributed by atoms with Crippen molar-refractivity contribution in [3.05, 3.63) is 36.0 Å². The van der Waals surface area contributed by atoms with Gasteiger partial charge in [0, 0.05) is 23.7 Å². The van der Waals surface area contributed by atoms with Gasteiger partial charge in [-0.2, -0.15) is 0 Å². The van der Waals surface area contributed by atoms with E-state index in [0.29, 0.717) is 33.7 Å². The maximum atomic E-state index is 12.4. The molecule has 2 aromatic rings. The number of nitrogens with one attached hydrogen (secondary N) is 2. The van der Waals surface area contributed by atoms with Crippen LogP contribution in [0.25, 0.3) is 0 Å². The van der Waals surface area contributed by atoms with Gasteiger partial charge in [0.15, 0.2) is 5.06 Å². The lowest BCUT2D eigenvalue weighted by Gasteiger charge is -2.21. The molecule has 0 radical (unpaired) electrons. The highest BCUT2D eigenvalue weighted by Crippen LogP contribution is 2.31. The molecular formula is C17H19N3O3S. The Labute approximate surface area is 144 Å². The molecule has 3 heterocycles. The number of amides is 1. The Morgan fingerprint density at radius 3 is 2.79 bits per heavy atom. The average Bonchev–Trinajstić information content (AvgIpc) is 3.32. The van der Waals surface area contributed by atoms with Gasteiger partial charge in [0.2, 0.25) is 0 Å². The Bertz CT molecular complexity index is 731. The quantitative estimate of drug-likeness (QED) is 0.871. The van der Waals surface area contributed by atoms with Gasteiger partial charge in [0.1, 0.15) is 5.75 Å². The van der Waals surface area contributed by atoms with Gasteiger partial charge in [-0.3, -0.25) is 4.79 Å². The third kappa shape index (κ3) is 3.09. The lowest BCUT2D eigenvalue weighted by atomic mass is 9.95. The summed E-state index contributed by atoms with van der Waals surface area (Å²) in [5.74, 6) is 0.613. The van der Waals surface area contributed by atoms with Crippen molar-refractivity contribution >= 4 is 17.2 Å². The first-order valence-corrected chi connectivity index (χ1v) is 8.87. The van der Waals surface area contributed by atoms with Crippen molar-refractivity contribution in [3.63, 3.8) is 0 Å². The standard InChI is InChI=1S/C17H19N3O3S/c1-22-15-9-18-17(24-15)23-12-5-2-10(3-6-12)16(21)20-14-8-11-4-7-13(14)19-11/h2-3,5-6,9,11,13-14,19H,4,7-8H2,1H3,(H,20,21)/t11-,13+,14-/m1/s1. The Kier molecular flexibility index (Phi) is 4.12. The van der Waals surface area contributed by atoms with Gasteiger partial charge in [-0.05, 0) is 54.9 Å². The average molecular weight is 345 g/mol. The number of fused-ring (bicyclic) bond motifs is 2. The number of hydrogen-bond donors (Lipinski definition) is 2. The molecule has 0 unspecified atom stereocenters. The van der Waals surface area contributed by atoms with Crippen LogP contribution in [0.3, 0.4) is 0 Å². The highest BCUT2D eigenvalue weighted by Gasteiger charge is 2.39. The molecule has 1 amide bonds. The summed E-state index contributed by atoms with van der Waals surface area (Å²) in [5, 5.41) is 7.87. The van der Waals surface area contributed by atoms with Crippen LogP contribution in [0.4, 0.5) is 0 Å². The molecule has 2 N–H and O–H groups in total. The Morgan fingerprint density at radius 2 is 2.17 bits per heavy atom. The van der Waals surface area contributed by atoms with E-state index in [-0.39, 0.29) is 11.9 Å². The van der Waals surface area contributed by atoms with Crippen molar-refractivity contribution in [2.45, 2.75) is 37.4 Å². The zero-order valence-corrected chi connectivity index (χ0v) is 14.1. The monoisotopic (exact) mass is 345 g/mol. The largest absolute Gasteiger partial charge is 0.486 e. The Hall–Kier alpha value is -2.12. The maximum Gasteiger partial charge on any atom is 0.282 e. The fourth-order valence-corrected chi connectivity index (χ4v) is 4.00. The molecule has 1 aromatic carbocycles. The second-order valence-corrected chi connectivity index (χ2v) is 7.09. The third-order valence-corrected chi connectivity index (χ3v) is 5.44. The van der Waals surface area contributed by atoms with Crippen molar-refractivity contribution in [1.29, 1.82) is 0 Å². The highest BCUT2D eigenvalue weighted by atomic mass is 32.1. The summed E-state index contributed by atoms with van der Waals surface area (Å²) >= 11 is 1.32. The van der Waals surface area contributed by atoms with Crippen molar-refractivity contribution in [2.75, 3.05) is 7.11 Å². The van der Waals surface area contributed by atoms with Crippen LogP contribution in [0.1, 0.15) is 29.6 Å². The zero-order chi connectivity index (χ0) is 16.5. The number of thiazole rings is 1. The predicted molar refractivity (Wildman–Crippen MR) is 91.0 cm³/mol. The molecule has 2 aliphatic heterocycles. The minimum atomic E-state index is -0.0307. The summed E-state index contributed by atoms with van der Waals surface area (Å²) < 4.78 is 10.7. The second-order valence-electron chi connectivity index (χ2n) is 6.14. The lowest BCUT2D eigenvalue weighted by Crippen LogP contribution is -2.42. The fourth-order valence-electron chi connectivity index (χ4n) is 3.40. The number of aromatic nitrogens is 1. The molecule has 1 aromatic heterocycles. The summed E-state index contributed by atoms with van der Waals surface area (Å²) in [7, 11) is 1.59. The first-order valence-electron chi connectivity index (χ1n) is 8.06. The number of nitrogens with zero attached hydrogens (tertiary/aromatic N) is 1. The fraction of sp³-hybridized carbons (Fsp3) is 0.412. The van der Waals surface area contributed by atoms with E-state index in [1.165, 1.54) is 17.8 Å². The van der Waals surface area contributed by atoms with E-state index in [2.05, 4.69) is 15.6 Å². The van der Waals surface area contributed by atoms with E-state index in [1.807, 2.05) is 0 Å². The normalized spacial score (nSPS) is 24.8. The van der Waals surface area contributed by atoms with E-state index in [1.54, 1.807) is 37.6 Å². The lowest BCUT2D eigenvalue weighted by molar-refractivity contribution is 0.0931. The van der Waals surface area contributed by atoms with Gasteiger partial charge in [-0.25, -0.2) is 4.98 Å². The molecular weight excluding hydrogens is 326 g/mol. The summed E-state index contributed by atoms with van der Waals surface area (Å²) in [5.41, 5.74) is 0.641. The number of methoxy groups -OCH3 is 1. The molecule has 7 heteroatoms. The molecule has 6 nitrogen and oxygen atoms in total. The Morgan fingerprint density at radius 1 is 1.33 bits per heavy atom. The van der Waals surface area contributed by atoms with E-state index in [0.717, 1.165) is 12.8 Å². The van der Waals surface area contributed by atoms with Gasteiger partial charge in [-0.1, -0.05) is 0 Å². The van der Waals surface area contributed by atoms with Gasteiger partial charge in [0.25, 0.3) is 11.1 Å². The SMILES string of the molecule is COc1cnc(Oc2ccc(C(=O)N[C@@H]3C[C@H]4CC[C@@H]3N4)cc2)s1. The van der Waals surface area contributed by atoms with Crippen molar-refractivity contribution in [2.24, 2.45) is 0 Å². The van der Waals surface area contributed by atoms with Crippen molar-refractivity contribution in [3.8, 4) is 16.0 Å². The van der Waals surface area contributed by atoms with Gasteiger partial charge >= 0.3 is 0 Å². The van der Waals surface area contributed by atoms with Crippen LogP contribution in [-0.2, 0) is 0 Å². The smallest absolute Gasteiger partial charge is 0.282 e. The highest BCUT2D eigenvalue weighted by molar-refractivity contribution is 7.15. The van der Waals surface area contributed by atoms with Gasteiger partial charge in [-0.15, -0.1) is 0 Å². The molecule has 2 bridgehead atoms. The topological polar surface area (TPSA) is 72.5 Å². The molecule has 2 fully saturated rings. The summed E-state index contributed by atoms with van der Waals surface area (Å²) in [4.78, 5) is 16.5. The molecule has 0 spiro atoms. The van der Waals surface area contributed by atoms with Gasteiger partial charge in [0.05, 0.1) is 13.3 Å². The van der Waals surface area contributed by atoms with Gasteiger partial charge < -0.3 is 20.1 Å². The van der Waals surface area contributed by atoms with E-state index < -0.39 is 0 Å². The Balaban J connectivity index is 1.37. The van der Waals surface area contributed by atoms with E-state index in [4.69, 9.17) is 9.47 Å². The molecule has 0 saturated carbocycles. The van der Waals surface area contributed by atoms with E-state index >= 15 is 0 Å². The van der Waals surface area contributed by atoms with Crippen molar-refractivity contribution in [1.82, 2.24) is 15.6 Å². The molecule has 126 valence electrons. The summed E-state index contributed by atoms with van der Waals surface area (Å²) in [6.45, 7) is 0. The van der Waals surface area contributed by atoms with Crippen LogP contribution < -0.4 is 20.1 Å². The summed E-state index contributed by atoms with van der Waals surface area (Å²) in [6, 6.07) is 8.36. The maximum absolute atomic E-state index is 12.4. The van der Waals surface area contributed by atoms with Crippen LogP contribution in [0.5, 0.6) is 16.0 Å². The summed E-state index contributed by atoms with van der Waals surface area (Å²) in [6.07, 6.45) is 5.03. The minimum Gasteiger partial charge on any atom is -0.486 e. The number of carbonyl (C=O) groups is 1. The molecule has 4 rings (SSSR count). The number of ether oxygens (including phenoxy) is 2.